The molecule has 0 saturated heterocycles. The fourth-order valence-electron chi connectivity index (χ4n) is 7.54. The van der Waals surface area contributed by atoms with E-state index in [9.17, 15) is 4.79 Å². The molecule has 4 fully saturated rings. The number of benzene rings is 1. The Hall–Kier alpha value is -2.40. The number of amides is 1. The molecule has 1 amide bonds. The zero-order valence-corrected chi connectivity index (χ0v) is 21.5. The fourth-order valence-corrected chi connectivity index (χ4v) is 7.54. The van der Waals surface area contributed by atoms with Crippen molar-refractivity contribution >= 4 is 28.3 Å². The number of aromatic nitrogens is 1. The molecule has 0 spiro atoms. The Morgan fingerprint density at radius 1 is 1.06 bits per heavy atom. The molecule has 0 aliphatic heterocycles. The molecule has 0 radical (unpaired) electrons. The van der Waals surface area contributed by atoms with E-state index in [0.29, 0.717) is 6.42 Å². The molecule has 4 aliphatic carbocycles. The minimum Gasteiger partial charge on any atom is -0.370 e. The number of allylic oxidation sites excluding steroid dienone is 1. The number of carbonyl (C=O) groups is 1. The molecule has 2 aromatic rings. The molecule has 3 N–H and O–H groups in total. The molecule has 188 valence electrons. The zero-order chi connectivity index (χ0) is 24.3. The third-order valence-corrected chi connectivity index (χ3v) is 8.50. The Morgan fingerprint density at radius 2 is 1.80 bits per heavy atom. The van der Waals surface area contributed by atoms with Crippen LogP contribution in [0.1, 0.15) is 71.6 Å². The average molecular weight is 475 g/mol. The molecule has 1 aromatic heterocycles. The van der Waals surface area contributed by atoms with Crippen LogP contribution < -0.4 is 16.0 Å². The molecular formula is C30H42N4O. The van der Waals surface area contributed by atoms with Crippen LogP contribution in [0, 0.1) is 23.2 Å². The highest BCUT2D eigenvalue weighted by Gasteiger charge is 2.51. The van der Waals surface area contributed by atoms with Crippen molar-refractivity contribution in [2.45, 2.75) is 71.6 Å². The molecule has 0 unspecified atom stereocenters. The van der Waals surface area contributed by atoms with Gasteiger partial charge in [0.05, 0.1) is 11.2 Å². The molecule has 0 atom stereocenters. The van der Waals surface area contributed by atoms with Gasteiger partial charge >= 0.3 is 0 Å². The van der Waals surface area contributed by atoms with Gasteiger partial charge in [-0.1, -0.05) is 24.6 Å². The van der Waals surface area contributed by atoms with E-state index in [1.54, 1.807) is 0 Å². The van der Waals surface area contributed by atoms with Crippen LogP contribution in [-0.2, 0) is 4.79 Å². The third-order valence-electron chi connectivity index (χ3n) is 8.50. The third kappa shape index (κ3) is 5.88. The van der Waals surface area contributed by atoms with Gasteiger partial charge in [-0.15, -0.1) is 0 Å². The number of nitrogens with one attached hydrogen (secondary N) is 3. The Bertz CT molecular complexity index is 1040. The van der Waals surface area contributed by atoms with Crippen LogP contribution in [0.5, 0.6) is 0 Å². The van der Waals surface area contributed by atoms with E-state index < -0.39 is 0 Å². The smallest absolute Gasteiger partial charge is 0.224 e. The second kappa shape index (κ2) is 10.7. The first-order valence-corrected chi connectivity index (χ1v) is 13.8. The summed E-state index contributed by atoms with van der Waals surface area (Å²) in [6.45, 7) is 7.16. The van der Waals surface area contributed by atoms with Gasteiger partial charge in [-0.05, 0) is 112 Å². The van der Waals surface area contributed by atoms with E-state index in [1.807, 2.05) is 24.3 Å². The number of pyridine rings is 1. The highest BCUT2D eigenvalue weighted by Crippen LogP contribution is 2.61. The van der Waals surface area contributed by atoms with Crippen LogP contribution in [-0.4, -0.2) is 30.5 Å². The van der Waals surface area contributed by atoms with Gasteiger partial charge in [-0.3, -0.25) is 4.79 Å². The van der Waals surface area contributed by atoms with Crippen molar-refractivity contribution in [2.75, 3.05) is 30.3 Å². The van der Waals surface area contributed by atoms with Crippen molar-refractivity contribution in [3.05, 3.63) is 42.0 Å². The number of rotatable bonds is 11. The van der Waals surface area contributed by atoms with Crippen molar-refractivity contribution in [3.8, 4) is 0 Å². The maximum Gasteiger partial charge on any atom is 0.224 e. The summed E-state index contributed by atoms with van der Waals surface area (Å²) in [5, 5.41) is 11.2. The van der Waals surface area contributed by atoms with Gasteiger partial charge in [0, 0.05) is 24.9 Å². The number of hydrogen-bond donors (Lipinski definition) is 3. The van der Waals surface area contributed by atoms with Crippen molar-refractivity contribution in [3.63, 3.8) is 0 Å². The first-order chi connectivity index (χ1) is 17.0. The summed E-state index contributed by atoms with van der Waals surface area (Å²) >= 11 is 0. The van der Waals surface area contributed by atoms with Gasteiger partial charge in [0.25, 0.3) is 0 Å². The van der Waals surface area contributed by atoms with E-state index in [-0.39, 0.29) is 11.3 Å². The number of nitrogens with zero attached hydrogens (tertiary/aromatic N) is 1. The molecule has 35 heavy (non-hydrogen) atoms. The maximum atomic E-state index is 13.2. The number of fused-ring (bicyclic) bond motifs is 1. The van der Waals surface area contributed by atoms with E-state index in [1.165, 1.54) is 44.1 Å². The minimum absolute atomic E-state index is 0.179. The van der Waals surface area contributed by atoms with E-state index in [2.05, 4.69) is 41.9 Å². The van der Waals surface area contributed by atoms with Crippen LogP contribution >= 0.6 is 0 Å². The second-order valence-electron chi connectivity index (χ2n) is 11.6. The first-order valence-electron chi connectivity index (χ1n) is 13.8. The summed E-state index contributed by atoms with van der Waals surface area (Å²) < 4.78 is 0. The Kier molecular flexibility index (Phi) is 7.43. The summed E-state index contributed by atoms with van der Waals surface area (Å²) in [6.07, 6.45) is 13.1. The zero-order valence-electron chi connectivity index (χ0n) is 21.5. The van der Waals surface area contributed by atoms with Crippen molar-refractivity contribution in [1.82, 2.24) is 10.3 Å². The molecule has 4 bridgehead atoms. The van der Waals surface area contributed by atoms with Crippen molar-refractivity contribution in [2.24, 2.45) is 23.2 Å². The van der Waals surface area contributed by atoms with Crippen LogP contribution in [0.25, 0.3) is 10.9 Å². The molecule has 1 heterocycles. The van der Waals surface area contributed by atoms with Gasteiger partial charge < -0.3 is 16.0 Å². The predicted octanol–water partition coefficient (Wildman–Crippen LogP) is 6.53. The first kappa shape index (κ1) is 24.3. The lowest BCUT2D eigenvalue weighted by Crippen LogP contribution is -2.47. The number of hydrogen-bond acceptors (Lipinski definition) is 4. The van der Waals surface area contributed by atoms with Crippen LogP contribution in [0.15, 0.2) is 42.0 Å². The number of anilines is 2. The van der Waals surface area contributed by atoms with Gasteiger partial charge in [-0.2, -0.15) is 0 Å². The molecular weight excluding hydrogens is 432 g/mol. The summed E-state index contributed by atoms with van der Waals surface area (Å²) in [7, 11) is 0. The average Bonchev–Trinajstić information content (AvgIpc) is 2.80. The highest BCUT2D eigenvalue weighted by atomic mass is 16.1. The minimum atomic E-state index is 0.179. The normalized spacial score (nSPS) is 27.4. The standard InChI is InChI=1S/C30H42N4O/c1-3-6-21(2)20-31-11-5-12-32-28-10-9-25-26(33-28)7-4-8-27(25)34-29(35)19-30-16-22-13-23(17-30)15-24(14-22)18-30/h4,6-10,22-24,31H,3,5,11-20H2,1-2H3,(H,32,33)(H,34,35). The lowest BCUT2D eigenvalue weighted by Gasteiger charge is -2.56. The molecule has 5 heteroatoms. The van der Waals surface area contributed by atoms with Gasteiger partial charge in [0.2, 0.25) is 5.91 Å². The number of carbonyl (C=O) groups excluding carboxylic acids is 1. The van der Waals surface area contributed by atoms with E-state index >= 15 is 0 Å². The van der Waals surface area contributed by atoms with Gasteiger partial charge in [0.1, 0.15) is 5.82 Å². The summed E-state index contributed by atoms with van der Waals surface area (Å²) in [6, 6.07) is 10.1. The van der Waals surface area contributed by atoms with Crippen LogP contribution in [0.2, 0.25) is 0 Å². The molecule has 4 aliphatic rings. The van der Waals surface area contributed by atoms with Gasteiger partial charge in [-0.25, -0.2) is 4.98 Å². The van der Waals surface area contributed by atoms with Gasteiger partial charge in [0.15, 0.2) is 0 Å². The molecule has 5 nitrogen and oxygen atoms in total. The lowest BCUT2D eigenvalue weighted by atomic mass is 9.49. The lowest BCUT2D eigenvalue weighted by molar-refractivity contribution is -0.124. The highest BCUT2D eigenvalue weighted by molar-refractivity contribution is 6.01. The topological polar surface area (TPSA) is 66.0 Å². The van der Waals surface area contributed by atoms with E-state index in [0.717, 1.165) is 72.6 Å². The van der Waals surface area contributed by atoms with E-state index in [4.69, 9.17) is 4.98 Å². The van der Waals surface area contributed by atoms with Crippen LogP contribution in [0.4, 0.5) is 11.5 Å². The Morgan fingerprint density at radius 3 is 2.51 bits per heavy atom. The molecule has 6 rings (SSSR count). The largest absolute Gasteiger partial charge is 0.370 e. The fraction of sp³-hybridized carbons (Fsp3) is 0.600. The predicted molar refractivity (Wildman–Crippen MR) is 146 cm³/mol. The van der Waals surface area contributed by atoms with Crippen LogP contribution in [0.3, 0.4) is 0 Å². The van der Waals surface area contributed by atoms with Crippen molar-refractivity contribution in [1.29, 1.82) is 0 Å². The molecule has 4 saturated carbocycles. The second-order valence-corrected chi connectivity index (χ2v) is 11.6. The maximum absolute atomic E-state index is 13.2. The monoisotopic (exact) mass is 474 g/mol. The molecule has 1 aromatic carbocycles. The summed E-state index contributed by atoms with van der Waals surface area (Å²) in [5.41, 5.74) is 3.47. The Labute approximate surface area is 210 Å². The summed E-state index contributed by atoms with van der Waals surface area (Å²) in [5.74, 6) is 3.69. The van der Waals surface area contributed by atoms with Crippen molar-refractivity contribution < 1.29 is 4.79 Å². The Balaban J connectivity index is 1.14. The quantitative estimate of drug-likeness (QED) is 0.256. The summed E-state index contributed by atoms with van der Waals surface area (Å²) in [4.78, 5) is 18.0. The SMILES string of the molecule is CCC=C(C)CNCCCNc1ccc2c(NC(=O)CC34CC5CC(CC(C5)C3)C4)cccc2n1.